The van der Waals surface area contributed by atoms with E-state index in [9.17, 15) is 13.6 Å². The highest BCUT2D eigenvalue weighted by Gasteiger charge is 2.19. The molecule has 0 aliphatic carbocycles. The van der Waals surface area contributed by atoms with E-state index in [-0.39, 0.29) is 27.2 Å². The van der Waals surface area contributed by atoms with Crippen LogP contribution in [0.4, 0.5) is 8.78 Å². The molecule has 0 bridgehead atoms. The van der Waals surface area contributed by atoms with E-state index in [0.29, 0.717) is 6.29 Å². The van der Waals surface area contributed by atoms with Gasteiger partial charge in [-0.05, 0) is 5.56 Å². The zero-order valence-corrected chi connectivity index (χ0v) is 9.15. The standard InChI is InChI=1S/C8H5BrClF2NO/c9-1-4-2-13-5(3-14)7(10)6(4)8(11)12/h2-3,8H,1H2. The Hall–Kier alpha value is -0.550. The predicted molar refractivity (Wildman–Crippen MR) is 52.2 cm³/mol. The fourth-order valence-electron chi connectivity index (χ4n) is 0.977. The number of hydrogen-bond donors (Lipinski definition) is 0. The molecule has 1 rings (SSSR count). The van der Waals surface area contributed by atoms with Crippen LogP contribution in [0.1, 0.15) is 28.0 Å². The van der Waals surface area contributed by atoms with E-state index < -0.39 is 6.43 Å². The smallest absolute Gasteiger partial charge is 0.265 e. The molecule has 0 aliphatic rings. The van der Waals surface area contributed by atoms with Gasteiger partial charge in [-0.2, -0.15) is 0 Å². The monoisotopic (exact) mass is 283 g/mol. The number of hydrogen-bond acceptors (Lipinski definition) is 2. The minimum absolute atomic E-state index is 0.160. The quantitative estimate of drug-likeness (QED) is 0.629. The van der Waals surface area contributed by atoms with Crippen molar-refractivity contribution in [3.05, 3.63) is 28.0 Å². The Kier molecular flexibility index (Phi) is 3.95. The van der Waals surface area contributed by atoms with Crippen molar-refractivity contribution in [3.63, 3.8) is 0 Å². The van der Waals surface area contributed by atoms with Crippen LogP contribution in [-0.2, 0) is 5.33 Å². The van der Waals surface area contributed by atoms with Gasteiger partial charge < -0.3 is 0 Å². The minimum atomic E-state index is -2.71. The summed E-state index contributed by atoms with van der Waals surface area (Å²) < 4.78 is 25.1. The van der Waals surface area contributed by atoms with Gasteiger partial charge in [0.05, 0.1) is 5.02 Å². The van der Waals surface area contributed by atoms with Gasteiger partial charge in [-0.3, -0.25) is 9.78 Å². The Morgan fingerprint density at radius 3 is 2.71 bits per heavy atom. The van der Waals surface area contributed by atoms with Crippen molar-refractivity contribution in [2.75, 3.05) is 0 Å². The molecule has 0 fully saturated rings. The summed E-state index contributed by atoms with van der Waals surface area (Å²) in [6, 6.07) is 0. The lowest BCUT2D eigenvalue weighted by atomic mass is 10.1. The van der Waals surface area contributed by atoms with Gasteiger partial charge in [0.25, 0.3) is 6.43 Å². The van der Waals surface area contributed by atoms with Crippen molar-refractivity contribution in [1.82, 2.24) is 4.98 Å². The van der Waals surface area contributed by atoms with Crippen LogP contribution in [-0.4, -0.2) is 11.3 Å². The maximum Gasteiger partial charge on any atom is 0.265 e. The van der Waals surface area contributed by atoms with Gasteiger partial charge in [0.15, 0.2) is 6.29 Å². The van der Waals surface area contributed by atoms with Crippen LogP contribution in [0, 0.1) is 0 Å². The number of aldehydes is 1. The SMILES string of the molecule is O=Cc1ncc(CBr)c(C(F)F)c1Cl. The normalized spacial score (nSPS) is 10.6. The molecular formula is C8H5BrClF2NO. The van der Waals surface area contributed by atoms with E-state index in [0.717, 1.165) is 0 Å². The molecule has 76 valence electrons. The molecule has 1 aromatic heterocycles. The van der Waals surface area contributed by atoms with Gasteiger partial charge in [0.1, 0.15) is 5.69 Å². The highest BCUT2D eigenvalue weighted by atomic mass is 79.9. The zero-order chi connectivity index (χ0) is 10.7. The summed E-state index contributed by atoms with van der Waals surface area (Å²) in [7, 11) is 0. The first-order valence-corrected chi connectivity index (χ1v) is 5.08. The van der Waals surface area contributed by atoms with Gasteiger partial charge >= 0.3 is 0 Å². The average molecular weight is 284 g/mol. The molecule has 0 saturated carbocycles. The van der Waals surface area contributed by atoms with Crippen LogP contribution in [0.5, 0.6) is 0 Å². The van der Waals surface area contributed by atoms with E-state index in [1.54, 1.807) is 0 Å². The number of rotatable bonds is 3. The van der Waals surface area contributed by atoms with Crippen molar-refractivity contribution in [2.24, 2.45) is 0 Å². The van der Waals surface area contributed by atoms with Crippen LogP contribution in [0.3, 0.4) is 0 Å². The summed E-state index contributed by atoms with van der Waals surface area (Å²) in [6.07, 6.45) is -1.14. The Morgan fingerprint density at radius 2 is 2.29 bits per heavy atom. The summed E-state index contributed by atoms with van der Waals surface area (Å²) in [5.74, 6) is 0. The molecule has 0 N–H and O–H groups in total. The first-order chi connectivity index (χ1) is 6.61. The van der Waals surface area contributed by atoms with Crippen LogP contribution in [0.2, 0.25) is 5.02 Å². The predicted octanol–water partition coefficient (Wildman–Crippen LogP) is 3.38. The van der Waals surface area contributed by atoms with Gasteiger partial charge in [0.2, 0.25) is 0 Å². The molecule has 2 nitrogen and oxygen atoms in total. The second-order valence-corrected chi connectivity index (χ2v) is 3.39. The van der Waals surface area contributed by atoms with Crippen molar-refractivity contribution in [3.8, 4) is 0 Å². The maximum atomic E-state index is 12.5. The highest BCUT2D eigenvalue weighted by molar-refractivity contribution is 9.08. The molecule has 0 aliphatic heterocycles. The molecule has 0 saturated heterocycles. The second-order valence-electron chi connectivity index (χ2n) is 2.45. The summed E-state index contributed by atoms with van der Waals surface area (Å²) in [6.45, 7) is 0. The molecule has 1 aromatic rings. The molecule has 14 heavy (non-hydrogen) atoms. The van der Waals surface area contributed by atoms with Gasteiger partial charge in [-0.15, -0.1) is 0 Å². The van der Waals surface area contributed by atoms with Gasteiger partial charge in [-0.25, -0.2) is 8.78 Å². The van der Waals surface area contributed by atoms with E-state index in [1.165, 1.54) is 6.20 Å². The van der Waals surface area contributed by atoms with Crippen LogP contribution in [0.15, 0.2) is 6.20 Å². The van der Waals surface area contributed by atoms with E-state index in [1.807, 2.05) is 0 Å². The van der Waals surface area contributed by atoms with E-state index in [4.69, 9.17) is 11.6 Å². The molecule has 1 heterocycles. The summed E-state index contributed by atoms with van der Waals surface area (Å²) in [4.78, 5) is 14.0. The van der Waals surface area contributed by atoms with Crippen molar-refractivity contribution in [1.29, 1.82) is 0 Å². The van der Waals surface area contributed by atoms with Crippen LogP contribution in [0.25, 0.3) is 0 Å². The first-order valence-electron chi connectivity index (χ1n) is 3.58. The van der Waals surface area contributed by atoms with Gasteiger partial charge in [-0.1, -0.05) is 27.5 Å². The van der Waals surface area contributed by atoms with E-state index in [2.05, 4.69) is 20.9 Å². The third-order valence-corrected chi connectivity index (χ3v) is 2.64. The zero-order valence-electron chi connectivity index (χ0n) is 6.81. The van der Waals surface area contributed by atoms with Crippen molar-refractivity contribution in [2.45, 2.75) is 11.8 Å². The lowest BCUT2D eigenvalue weighted by Gasteiger charge is -2.08. The van der Waals surface area contributed by atoms with Crippen molar-refractivity contribution >= 4 is 33.8 Å². The molecule has 6 heteroatoms. The van der Waals surface area contributed by atoms with Crippen molar-refractivity contribution < 1.29 is 13.6 Å². The summed E-state index contributed by atoms with van der Waals surface area (Å²) in [5, 5.41) is -0.0506. The van der Waals surface area contributed by atoms with Gasteiger partial charge in [0, 0.05) is 17.1 Å². The topological polar surface area (TPSA) is 30.0 Å². The second kappa shape index (κ2) is 4.79. The third kappa shape index (κ3) is 2.09. The van der Waals surface area contributed by atoms with E-state index >= 15 is 0 Å². The first kappa shape index (κ1) is 11.5. The summed E-state index contributed by atoms with van der Waals surface area (Å²) >= 11 is 8.63. The fourth-order valence-corrected chi connectivity index (χ4v) is 1.72. The fraction of sp³-hybridized carbons (Fsp3) is 0.250. The van der Waals surface area contributed by atoms with Crippen LogP contribution < -0.4 is 0 Å². The minimum Gasteiger partial charge on any atom is -0.296 e. The number of halogens is 4. The largest absolute Gasteiger partial charge is 0.296 e. The van der Waals surface area contributed by atoms with Crippen LogP contribution >= 0.6 is 27.5 Å². The number of carbonyl (C=O) groups excluding carboxylic acids is 1. The maximum absolute atomic E-state index is 12.5. The number of aromatic nitrogens is 1. The molecule has 0 aromatic carbocycles. The summed E-state index contributed by atoms with van der Waals surface area (Å²) in [5.41, 5.74) is -0.206. The average Bonchev–Trinajstić information content (AvgIpc) is 2.16. The molecule has 0 radical (unpaired) electrons. The highest BCUT2D eigenvalue weighted by Crippen LogP contribution is 2.32. The Bertz CT molecular complexity index is 359. The lowest BCUT2D eigenvalue weighted by molar-refractivity contribution is 0.111. The Labute approximate surface area is 92.4 Å². The Balaban J connectivity index is 3.38. The number of carbonyl (C=O) groups is 1. The number of nitrogens with zero attached hydrogens (tertiary/aromatic N) is 1. The molecule has 0 unspecified atom stereocenters. The Morgan fingerprint density at radius 1 is 1.64 bits per heavy atom. The molecular weight excluding hydrogens is 279 g/mol. The lowest BCUT2D eigenvalue weighted by Crippen LogP contribution is -2.00. The molecule has 0 amide bonds. The molecule has 0 atom stereocenters. The number of pyridine rings is 1. The molecule has 0 spiro atoms. The third-order valence-electron chi connectivity index (χ3n) is 1.64. The number of alkyl halides is 3.